The van der Waals surface area contributed by atoms with Crippen molar-refractivity contribution in [3.8, 4) is 11.5 Å². The van der Waals surface area contributed by atoms with Crippen LogP contribution in [0.4, 0.5) is 5.69 Å². The summed E-state index contributed by atoms with van der Waals surface area (Å²) >= 11 is 0. The van der Waals surface area contributed by atoms with Crippen LogP contribution in [0, 0.1) is 0 Å². The summed E-state index contributed by atoms with van der Waals surface area (Å²) in [6.07, 6.45) is 0.841. The molecule has 0 saturated heterocycles. The maximum absolute atomic E-state index is 11.9. The monoisotopic (exact) mass is 328 g/mol. The number of methoxy groups -OCH3 is 1. The van der Waals surface area contributed by atoms with Crippen molar-refractivity contribution in [2.45, 2.75) is 13.3 Å². The van der Waals surface area contributed by atoms with Gasteiger partial charge in [-0.25, -0.2) is 0 Å². The Labute approximate surface area is 143 Å². The number of benzene rings is 2. The van der Waals surface area contributed by atoms with Crippen molar-refractivity contribution in [1.29, 1.82) is 0 Å². The average molecular weight is 328 g/mol. The van der Waals surface area contributed by atoms with Crippen molar-refractivity contribution in [1.82, 2.24) is 5.32 Å². The van der Waals surface area contributed by atoms with Crippen molar-refractivity contribution in [2.75, 3.05) is 32.1 Å². The molecule has 0 radical (unpaired) electrons. The minimum Gasteiger partial charge on any atom is -0.497 e. The lowest BCUT2D eigenvalue weighted by molar-refractivity contribution is -0.115. The predicted molar refractivity (Wildman–Crippen MR) is 95.8 cm³/mol. The molecule has 0 saturated carbocycles. The maximum atomic E-state index is 11.9. The zero-order valence-corrected chi connectivity index (χ0v) is 14.2. The van der Waals surface area contributed by atoms with E-state index in [9.17, 15) is 4.79 Å². The Morgan fingerprint density at radius 2 is 1.88 bits per heavy atom. The molecule has 2 aromatic carbocycles. The molecule has 0 aromatic heterocycles. The van der Waals surface area contributed by atoms with Crippen LogP contribution in [-0.4, -0.2) is 32.7 Å². The van der Waals surface area contributed by atoms with Crippen LogP contribution in [0.15, 0.2) is 48.5 Å². The van der Waals surface area contributed by atoms with Crippen molar-refractivity contribution in [3.63, 3.8) is 0 Å². The molecule has 0 fully saturated rings. The molecule has 0 heterocycles. The second-order valence-corrected chi connectivity index (χ2v) is 5.28. The summed E-state index contributed by atoms with van der Waals surface area (Å²) in [5.41, 5.74) is 1.94. The van der Waals surface area contributed by atoms with Gasteiger partial charge in [-0.1, -0.05) is 12.1 Å². The van der Waals surface area contributed by atoms with E-state index in [-0.39, 0.29) is 12.5 Å². The highest BCUT2D eigenvalue weighted by Gasteiger charge is 2.03. The van der Waals surface area contributed by atoms with Crippen molar-refractivity contribution in [2.24, 2.45) is 0 Å². The summed E-state index contributed by atoms with van der Waals surface area (Å²) in [6, 6.07) is 15.3. The first-order valence-corrected chi connectivity index (χ1v) is 8.07. The van der Waals surface area contributed by atoms with Gasteiger partial charge < -0.3 is 20.1 Å². The van der Waals surface area contributed by atoms with Crippen LogP contribution < -0.4 is 20.1 Å². The fraction of sp³-hybridized carbons (Fsp3) is 0.316. The number of nitrogens with one attached hydrogen (secondary N) is 2. The Kier molecular flexibility index (Phi) is 7.11. The molecule has 2 rings (SSSR count). The minimum atomic E-state index is -0.0650. The lowest BCUT2D eigenvalue weighted by Crippen LogP contribution is -2.29. The van der Waals surface area contributed by atoms with Crippen LogP contribution in [0.25, 0.3) is 0 Å². The van der Waals surface area contributed by atoms with E-state index < -0.39 is 0 Å². The number of hydrogen-bond donors (Lipinski definition) is 2. The molecule has 1 amide bonds. The zero-order chi connectivity index (χ0) is 17.2. The fourth-order valence-corrected chi connectivity index (χ4v) is 2.27. The van der Waals surface area contributed by atoms with Crippen molar-refractivity contribution >= 4 is 11.6 Å². The zero-order valence-electron chi connectivity index (χ0n) is 14.2. The minimum absolute atomic E-state index is 0.0650. The Morgan fingerprint density at radius 3 is 2.58 bits per heavy atom. The molecule has 128 valence electrons. The first kappa shape index (κ1) is 17.8. The molecule has 0 aliphatic carbocycles. The van der Waals surface area contributed by atoms with E-state index in [2.05, 4.69) is 10.6 Å². The molecular formula is C19H24N2O3. The molecule has 5 nitrogen and oxygen atoms in total. The largest absolute Gasteiger partial charge is 0.497 e. The Morgan fingerprint density at radius 1 is 1.08 bits per heavy atom. The summed E-state index contributed by atoms with van der Waals surface area (Å²) in [6.45, 7) is 3.57. The summed E-state index contributed by atoms with van der Waals surface area (Å²) in [5.74, 6) is 1.58. The van der Waals surface area contributed by atoms with Gasteiger partial charge in [-0.3, -0.25) is 4.79 Å². The molecule has 2 N–H and O–H groups in total. The van der Waals surface area contributed by atoms with Gasteiger partial charge in [-0.15, -0.1) is 0 Å². The van der Waals surface area contributed by atoms with E-state index in [4.69, 9.17) is 9.47 Å². The van der Waals surface area contributed by atoms with E-state index >= 15 is 0 Å². The topological polar surface area (TPSA) is 59.6 Å². The molecule has 0 bridgehead atoms. The second-order valence-electron chi connectivity index (χ2n) is 5.28. The lowest BCUT2D eigenvalue weighted by Gasteiger charge is -2.08. The number of carbonyl (C=O) groups excluding carboxylic acids is 1. The molecule has 0 aliphatic heterocycles. The SMILES string of the molecule is CCOc1ccc(NC(=O)CNCCc2cccc(OC)c2)cc1. The van der Waals surface area contributed by atoms with Gasteiger partial charge in [-0.05, 0) is 61.9 Å². The van der Waals surface area contributed by atoms with Gasteiger partial charge in [0.25, 0.3) is 0 Å². The molecule has 0 unspecified atom stereocenters. The van der Waals surface area contributed by atoms with Crippen molar-refractivity contribution in [3.05, 3.63) is 54.1 Å². The third-order valence-corrected chi connectivity index (χ3v) is 3.46. The van der Waals surface area contributed by atoms with E-state index in [0.29, 0.717) is 6.61 Å². The van der Waals surface area contributed by atoms with Gasteiger partial charge >= 0.3 is 0 Å². The van der Waals surface area contributed by atoms with Gasteiger partial charge in [0.15, 0.2) is 0 Å². The molecule has 0 atom stereocenters. The number of amides is 1. The van der Waals surface area contributed by atoms with Gasteiger partial charge in [0.1, 0.15) is 11.5 Å². The summed E-state index contributed by atoms with van der Waals surface area (Å²) in [5, 5.41) is 6.00. The average Bonchev–Trinajstić information content (AvgIpc) is 2.61. The standard InChI is InChI=1S/C19H24N2O3/c1-3-24-17-9-7-16(8-10-17)21-19(22)14-20-12-11-15-5-4-6-18(13-15)23-2/h4-10,13,20H,3,11-12,14H2,1-2H3,(H,21,22). The van der Waals surface area contributed by atoms with Crippen LogP contribution in [0.5, 0.6) is 11.5 Å². The van der Waals surface area contributed by atoms with E-state index in [0.717, 1.165) is 30.2 Å². The predicted octanol–water partition coefficient (Wildman–Crippen LogP) is 2.86. The first-order chi connectivity index (χ1) is 11.7. The lowest BCUT2D eigenvalue weighted by atomic mass is 10.1. The molecule has 24 heavy (non-hydrogen) atoms. The van der Waals surface area contributed by atoms with Crippen LogP contribution in [0.3, 0.4) is 0 Å². The maximum Gasteiger partial charge on any atom is 0.238 e. The summed E-state index contributed by atoms with van der Waals surface area (Å²) < 4.78 is 10.6. The van der Waals surface area contributed by atoms with Gasteiger partial charge in [-0.2, -0.15) is 0 Å². The highest BCUT2D eigenvalue weighted by atomic mass is 16.5. The quantitative estimate of drug-likeness (QED) is 0.695. The Hall–Kier alpha value is -2.53. The number of anilines is 1. The Balaban J connectivity index is 1.69. The normalized spacial score (nSPS) is 10.2. The van der Waals surface area contributed by atoms with Gasteiger partial charge in [0.05, 0.1) is 20.3 Å². The number of carbonyl (C=O) groups is 1. The molecule has 0 aliphatic rings. The highest BCUT2D eigenvalue weighted by molar-refractivity contribution is 5.92. The van der Waals surface area contributed by atoms with Gasteiger partial charge in [0.2, 0.25) is 5.91 Å². The summed E-state index contributed by atoms with van der Waals surface area (Å²) in [4.78, 5) is 11.9. The molecule has 0 spiro atoms. The van der Waals surface area contributed by atoms with E-state index in [1.54, 1.807) is 7.11 Å². The molecular weight excluding hydrogens is 304 g/mol. The van der Waals surface area contributed by atoms with Gasteiger partial charge in [0, 0.05) is 5.69 Å². The van der Waals surface area contributed by atoms with Crippen molar-refractivity contribution < 1.29 is 14.3 Å². The Bertz CT molecular complexity index is 641. The smallest absolute Gasteiger partial charge is 0.238 e. The van der Waals surface area contributed by atoms with Crippen LogP contribution in [0.1, 0.15) is 12.5 Å². The number of ether oxygens (including phenoxy) is 2. The first-order valence-electron chi connectivity index (χ1n) is 8.07. The van der Waals surface area contributed by atoms with Crippen LogP contribution in [0.2, 0.25) is 0 Å². The van der Waals surface area contributed by atoms with E-state index in [1.165, 1.54) is 5.56 Å². The third-order valence-electron chi connectivity index (χ3n) is 3.46. The summed E-state index contributed by atoms with van der Waals surface area (Å²) in [7, 11) is 1.66. The second kappa shape index (κ2) is 9.57. The molecule has 5 heteroatoms. The molecule has 2 aromatic rings. The third kappa shape index (κ3) is 5.93. The van der Waals surface area contributed by atoms with Crippen LogP contribution >= 0.6 is 0 Å². The van der Waals surface area contributed by atoms with Crippen LogP contribution in [-0.2, 0) is 11.2 Å². The van der Waals surface area contributed by atoms with E-state index in [1.807, 2.05) is 55.5 Å². The number of hydrogen-bond acceptors (Lipinski definition) is 4. The highest BCUT2D eigenvalue weighted by Crippen LogP contribution is 2.15. The fourth-order valence-electron chi connectivity index (χ4n) is 2.27. The number of rotatable bonds is 9.